The Morgan fingerprint density at radius 3 is 2.93 bits per heavy atom. The molecule has 1 aliphatic rings. The first-order valence-corrected chi connectivity index (χ1v) is 9.01. The van der Waals surface area contributed by atoms with E-state index in [4.69, 9.17) is 23.9 Å². The van der Waals surface area contributed by atoms with Crippen LogP contribution in [0.5, 0.6) is 0 Å². The van der Waals surface area contributed by atoms with Crippen LogP contribution in [0.3, 0.4) is 0 Å². The van der Waals surface area contributed by atoms with Crippen molar-refractivity contribution in [2.45, 2.75) is 26.7 Å². The van der Waals surface area contributed by atoms with Crippen molar-refractivity contribution < 1.29 is 4.79 Å². The summed E-state index contributed by atoms with van der Waals surface area (Å²) in [5.41, 5.74) is 7.89. The molecule has 3 N–H and O–H groups in total. The lowest BCUT2D eigenvalue weighted by Gasteiger charge is -2.15. The highest BCUT2D eigenvalue weighted by molar-refractivity contribution is 6.31. The molecule has 0 saturated heterocycles. The number of nitrogens with two attached hydrogens (primary N) is 1. The Morgan fingerprint density at radius 2 is 2.26 bits per heavy atom. The predicted molar refractivity (Wildman–Crippen MR) is 107 cm³/mol. The van der Waals surface area contributed by atoms with E-state index < -0.39 is 0 Å². The topological polar surface area (TPSA) is 72.9 Å². The van der Waals surface area contributed by atoms with Crippen LogP contribution in [-0.4, -0.2) is 15.7 Å². The lowest BCUT2D eigenvalue weighted by Crippen LogP contribution is -2.35. The van der Waals surface area contributed by atoms with Gasteiger partial charge in [0.15, 0.2) is 0 Å². The average molecular weight is 381 g/mol. The van der Waals surface area contributed by atoms with E-state index in [0.717, 1.165) is 28.2 Å². The largest absolute Gasteiger partial charge is 0.294 e. The first-order valence-electron chi connectivity index (χ1n) is 8.64. The molecule has 0 fully saturated rings. The molecule has 138 valence electrons. The molecular weight excluding hydrogens is 360 g/mol. The van der Waals surface area contributed by atoms with E-state index >= 15 is 0 Å². The van der Waals surface area contributed by atoms with Crippen LogP contribution in [0.1, 0.15) is 28.9 Å². The number of aromatic nitrogens is 2. The van der Waals surface area contributed by atoms with Crippen LogP contribution in [0, 0.1) is 32.1 Å². The molecule has 0 radical (unpaired) electrons. The Labute approximate surface area is 163 Å². The number of terminal acetylenes is 1. The quantitative estimate of drug-likeness (QED) is 0.370. The van der Waals surface area contributed by atoms with Gasteiger partial charge in [0.25, 0.3) is 0 Å². The Morgan fingerprint density at radius 1 is 1.48 bits per heavy atom. The second-order valence-corrected chi connectivity index (χ2v) is 6.95. The minimum atomic E-state index is -0.235. The van der Waals surface area contributed by atoms with E-state index in [1.165, 1.54) is 0 Å². The van der Waals surface area contributed by atoms with Crippen molar-refractivity contribution in [2.75, 3.05) is 0 Å². The van der Waals surface area contributed by atoms with E-state index in [0.29, 0.717) is 23.4 Å². The molecule has 1 aliphatic carbocycles. The minimum Gasteiger partial charge on any atom is -0.294 e. The average Bonchev–Trinajstić information content (AvgIpc) is 2.95. The highest BCUT2D eigenvalue weighted by atomic mass is 35.5. The van der Waals surface area contributed by atoms with Gasteiger partial charge in [-0.25, -0.2) is 10.5 Å². The van der Waals surface area contributed by atoms with Crippen LogP contribution < -0.4 is 11.3 Å². The summed E-state index contributed by atoms with van der Waals surface area (Å²) in [5, 5.41) is 5.19. The summed E-state index contributed by atoms with van der Waals surface area (Å²) in [4.78, 5) is 11.8. The van der Waals surface area contributed by atoms with E-state index in [1.54, 1.807) is 0 Å². The standard InChI is InChI=1S/C21H21ClN4O/c1-4-16-8-9-18(12-20(16)22)26-14(3)19(13(2)25-26)11-15-6-5-7-17(10-15)21(27)24-23/h1,5-6,8-10,12,17H,7,11,23H2,2-3H3,(H,24,27). The molecule has 3 rings (SSSR count). The fourth-order valence-corrected chi connectivity index (χ4v) is 3.52. The third-order valence-corrected chi connectivity index (χ3v) is 5.10. The smallest absolute Gasteiger partial charge is 0.241 e. The van der Waals surface area contributed by atoms with E-state index in [-0.39, 0.29) is 11.8 Å². The van der Waals surface area contributed by atoms with Crippen LogP contribution in [0.15, 0.2) is 42.0 Å². The molecule has 0 spiro atoms. The van der Waals surface area contributed by atoms with Crippen LogP contribution in [0.25, 0.3) is 5.69 Å². The first kappa shape index (κ1) is 19.0. The number of rotatable bonds is 4. The third-order valence-electron chi connectivity index (χ3n) is 4.79. The SMILES string of the molecule is C#Cc1ccc(-n2nc(C)c(CC3=CC(C(=O)NN)CC=C3)c2C)cc1Cl. The highest BCUT2D eigenvalue weighted by Crippen LogP contribution is 2.26. The van der Waals surface area contributed by atoms with E-state index in [1.807, 2.05) is 48.9 Å². The van der Waals surface area contributed by atoms with Gasteiger partial charge < -0.3 is 0 Å². The number of carbonyl (C=O) groups is 1. The number of aryl methyl sites for hydroxylation is 1. The number of hydrogen-bond donors (Lipinski definition) is 2. The molecule has 5 nitrogen and oxygen atoms in total. The van der Waals surface area contributed by atoms with Gasteiger partial charge in [-0.1, -0.05) is 35.7 Å². The fourth-order valence-electron chi connectivity index (χ4n) is 3.29. The summed E-state index contributed by atoms with van der Waals surface area (Å²) < 4.78 is 1.87. The van der Waals surface area contributed by atoms with Crippen molar-refractivity contribution in [3.05, 3.63) is 69.5 Å². The van der Waals surface area contributed by atoms with Gasteiger partial charge in [-0.05, 0) is 44.0 Å². The Bertz CT molecular complexity index is 994. The predicted octanol–water partition coefficient (Wildman–Crippen LogP) is 3.16. The normalized spacial score (nSPS) is 16.0. The summed E-state index contributed by atoms with van der Waals surface area (Å²) in [5.74, 6) is 7.41. The molecule has 1 aromatic heterocycles. The number of benzene rings is 1. The maximum Gasteiger partial charge on any atom is 0.241 e. The molecular formula is C21H21ClN4O. The number of halogens is 1. The van der Waals surface area contributed by atoms with Crippen LogP contribution in [0.2, 0.25) is 5.02 Å². The van der Waals surface area contributed by atoms with Gasteiger partial charge in [-0.15, -0.1) is 6.42 Å². The van der Waals surface area contributed by atoms with Crippen molar-refractivity contribution in [3.8, 4) is 18.0 Å². The van der Waals surface area contributed by atoms with Gasteiger partial charge in [-0.2, -0.15) is 5.10 Å². The number of amides is 1. The van der Waals surface area contributed by atoms with Gasteiger partial charge in [0.05, 0.1) is 22.3 Å². The molecule has 1 amide bonds. The monoisotopic (exact) mass is 380 g/mol. The van der Waals surface area contributed by atoms with Crippen molar-refractivity contribution in [3.63, 3.8) is 0 Å². The molecule has 27 heavy (non-hydrogen) atoms. The molecule has 6 heteroatoms. The third kappa shape index (κ3) is 3.82. The van der Waals surface area contributed by atoms with Gasteiger partial charge >= 0.3 is 0 Å². The Kier molecular flexibility index (Phi) is 5.50. The zero-order chi connectivity index (χ0) is 19.6. The fraction of sp³-hybridized carbons (Fsp3) is 0.238. The maximum absolute atomic E-state index is 11.8. The van der Waals surface area contributed by atoms with Gasteiger partial charge in [0, 0.05) is 23.2 Å². The van der Waals surface area contributed by atoms with Crippen molar-refractivity contribution in [1.29, 1.82) is 0 Å². The second-order valence-electron chi connectivity index (χ2n) is 6.54. The van der Waals surface area contributed by atoms with Crippen molar-refractivity contribution >= 4 is 17.5 Å². The van der Waals surface area contributed by atoms with Crippen molar-refractivity contribution in [2.24, 2.45) is 11.8 Å². The molecule has 1 atom stereocenters. The van der Waals surface area contributed by atoms with Gasteiger partial charge in [-0.3, -0.25) is 10.2 Å². The number of carbonyl (C=O) groups excluding carboxylic acids is 1. The molecule has 0 bridgehead atoms. The lowest BCUT2D eigenvalue weighted by atomic mass is 9.92. The highest BCUT2D eigenvalue weighted by Gasteiger charge is 2.19. The first-order chi connectivity index (χ1) is 12.9. The molecule has 1 unspecified atom stereocenters. The summed E-state index contributed by atoms with van der Waals surface area (Å²) in [6.07, 6.45) is 12.8. The van der Waals surface area contributed by atoms with Gasteiger partial charge in [0.1, 0.15) is 0 Å². The second kappa shape index (κ2) is 7.83. The van der Waals surface area contributed by atoms with E-state index in [9.17, 15) is 4.79 Å². The number of nitrogens with one attached hydrogen (secondary N) is 1. The summed E-state index contributed by atoms with van der Waals surface area (Å²) >= 11 is 6.24. The lowest BCUT2D eigenvalue weighted by molar-refractivity contribution is -0.123. The van der Waals surface area contributed by atoms with Crippen LogP contribution >= 0.6 is 11.6 Å². The summed E-state index contributed by atoms with van der Waals surface area (Å²) in [6, 6.07) is 5.54. The molecule has 1 aromatic carbocycles. The summed E-state index contributed by atoms with van der Waals surface area (Å²) in [6.45, 7) is 4.00. The van der Waals surface area contributed by atoms with Crippen LogP contribution in [0.4, 0.5) is 0 Å². The number of hydrogen-bond acceptors (Lipinski definition) is 3. The number of allylic oxidation sites excluding steroid dienone is 3. The Balaban J connectivity index is 1.92. The molecule has 0 aliphatic heterocycles. The molecule has 1 heterocycles. The molecule has 2 aromatic rings. The summed E-state index contributed by atoms with van der Waals surface area (Å²) in [7, 11) is 0. The zero-order valence-electron chi connectivity index (χ0n) is 15.3. The van der Waals surface area contributed by atoms with Crippen LogP contribution in [-0.2, 0) is 11.2 Å². The maximum atomic E-state index is 11.8. The number of hydrazine groups is 1. The van der Waals surface area contributed by atoms with Gasteiger partial charge in [0.2, 0.25) is 5.91 Å². The Hall–Kier alpha value is -2.81. The molecule has 0 saturated carbocycles. The minimum absolute atomic E-state index is 0.177. The van der Waals surface area contributed by atoms with Crippen molar-refractivity contribution in [1.82, 2.24) is 15.2 Å². The number of nitrogens with zero attached hydrogens (tertiary/aromatic N) is 2. The van der Waals surface area contributed by atoms with E-state index in [2.05, 4.69) is 22.5 Å². The zero-order valence-corrected chi connectivity index (χ0v) is 16.0.